The minimum absolute atomic E-state index is 0.597. The fourth-order valence-corrected chi connectivity index (χ4v) is 1.94. The molecule has 0 saturated carbocycles. The second-order valence-corrected chi connectivity index (χ2v) is 4.12. The first-order valence-corrected chi connectivity index (χ1v) is 6.27. The van der Waals surface area contributed by atoms with Gasteiger partial charge < -0.3 is 4.90 Å². The SMILES string of the molecule is CCCN(CCCl)c1ccc2nccnc2n1. The van der Waals surface area contributed by atoms with Gasteiger partial charge in [0, 0.05) is 31.4 Å². The molecule has 0 amide bonds. The number of nitrogens with zero attached hydrogens (tertiary/aromatic N) is 4. The lowest BCUT2D eigenvalue weighted by Crippen LogP contribution is -2.27. The van der Waals surface area contributed by atoms with E-state index in [2.05, 4.69) is 26.8 Å². The zero-order chi connectivity index (χ0) is 12.1. The zero-order valence-corrected chi connectivity index (χ0v) is 10.6. The summed E-state index contributed by atoms with van der Waals surface area (Å²) < 4.78 is 0. The van der Waals surface area contributed by atoms with Crippen molar-refractivity contribution in [3.63, 3.8) is 0 Å². The van der Waals surface area contributed by atoms with Gasteiger partial charge in [0.1, 0.15) is 11.3 Å². The van der Waals surface area contributed by atoms with E-state index in [-0.39, 0.29) is 0 Å². The Morgan fingerprint density at radius 2 is 2.00 bits per heavy atom. The van der Waals surface area contributed by atoms with Crippen molar-refractivity contribution in [2.45, 2.75) is 13.3 Å². The topological polar surface area (TPSA) is 41.9 Å². The van der Waals surface area contributed by atoms with Crippen LogP contribution in [0.25, 0.3) is 11.2 Å². The molecule has 0 N–H and O–H groups in total. The van der Waals surface area contributed by atoms with Gasteiger partial charge in [-0.25, -0.2) is 9.97 Å². The summed E-state index contributed by atoms with van der Waals surface area (Å²) in [7, 11) is 0. The number of anilines is 1. The number of rotatable bonds is 5. The molecule has 0 spiro atoms. The van der Waals surface area contributed by atoms with E-state index in [0.717, 1.165) is 30.8 Å². The van der Waals surface area contributed by atoms with Gasteiger partial charge in [-0.15, -0.1) is 11.6 Å². The second-order valence-electron chi connectivity index (χ2n) is 3.74. The molecule has 4 nitrogen and oxygen atoms in total. The van der Waals surface area contributed by atoms with Gasteiger partial charge in [0.15, 0.2) is 5.65 Å². The first-order valence-electron chi connectivity index (χ1n) is 5.74. The summed E-state index contributed by atoms with van der Waals surface area (Å²) in [6, 6.07) is 3.92. The van der Waals surface area contributed by atoms with E-state index in [0.29, 0.717) is 11.5 Å². The molecule has 90 valence electrons. The van der Waals surface area contributed by atoms with E-state index in [1.165, 1.54) is 0 Å². The lowest BCUT2D eigenvalue weighted by atomic mass is 10.3. The van der Waals surface area contributed by atoms with Crippen molar-refractivity contribution in [3.05, 3.63) is 24.5 Å². The van der Waals surface area contributed by atoms with Crippen LogP contribution < -0.4 is 4.90 Å². The number of hydrogen-bond donors (Lipinski definition) is 0. The predicted molar refractivity (Wildman–Crippen MR) is 70.6 cm³/mol. The molecule has 0 aliphatic rings. The maximum atomic E-state index is 5.80. The summed E-state index contributed by atoms with van der Waals surface area (Å²) in [5.74, 6) is 1.51. The zero-order valence-electron chi connectivity index (χ0n) is 9.80. The Morgan fingerprint density at radius 1 is 1.18 bits per heavy atom. The highest BCUT2D eigenvalue weighted by Crippen LogP contribution is 2.15. The van der Waals surface area contributed by atoms with Crippen molar-refractivity contribution >= 4 is 28.6 Å². The highest BCUT2D eigenvalue weighted by molar-refractivity contribution is 6.18. The smallest absolute Gasteiger partial charge is 0.180 e. The van der Waals surface area contributed by atoms with Crippen LogP contribution in [0.1, 0.15) is 13.3 Å². The normalized spacial score (nSPS) is 10.7. The molecule has 5 heteroatoms. The van der Waals surface area contributed by atoms with E-state index in [4.69, 9.17) is 11.6 Å². The number of halogens is 1. The summed E-state index contributed by atoms with van der Waals surface area (Å²) in [6.45, 7) is 3.89. The lowest BCUT2D eigenvalue weighted by molar-refractivity contribution is 0.782. The van der Waals surface area contributed by atoms with E-state index in [9.17, 15) is 0 Å². The molecular formula is C12H15ClN4. The third-order valence-electron chi connectivity index (χ3n) is 2.49. The highest BCUT2D eigenvalue weighted by atomic mass is 35.5. The van der Waals surface area contributed by atoms with Crippen LogP contribution in [0.4, 0.5) is 5.82 Å². The third-order valence-corrected chi connectivity index (χ3v) is 2.66. The van der Waals surface area contributed by atoms with E-state index < -0.39 is 0 Å². The molecule has 0 unspecified atom stereocenters. The van der Waals surface area contributed by atoms with Gasteiger partial charge in [0.05, 0.1) is 0 Å². The minimum atomic E-state index is 0.597. The average molecular weight is 251 g/mol. The molecule has 0 aromatic carbocycles. The Hall–Kier alpha value is -1.42. The van der Waals surface area contributed by atoms with Gasteiger partial charge in [0.25, 0.3) is 0 Å². The molecule has 2 aromatic rings. The van der Waals surface area contributed by atoms with E-state index >= 15 is 0 Å². The monoisotopic (exact) mass is 250 g/mol. The van der Waals surface area contributed by atoms with Crippen LogP contribution in [0.15, 0.2) is 24.5 Å². The third kappa shape index (κ3) is 2.82. The highest BCUT2D eigenvalue weighted by Gasteiger charge is 2.07. The minimum Gasteiger partial charge on any atom is -0.355 e. The number of alkyl halides is 1. The van der Waals surface area contributed by atoms with Crippen LogP contribution in [-0.2, 0) is 0 Å². The van der Waals surface area contributed by atoms with Crippen molar-refractivity contribution in [1.82, 2.24) is 15.0 Å². The molecule has 0 aliphatic carbocycles. The number of pyridine rings is 1. The molecular weight excluding hydrogens is 236 g/mol. The van der Waals surface area contributed by atoms with Crippen LogP contribution in [0.2, 0.25) is 0 Å². The van der Waals surface area contributed by atoms with Crippen LogP contribution in [0, 0.1) is 0 Å². The maximum Gasteiger partial charge on any atom is 0.180 e. The molecule has 0 aliphatic heterocycles. The van der Waals surface area contributed by atoms with Crippen LogP contribution in [0.5, 0.6) is 0 Å². The molecule has 0 atom stereocenters. The molecule has 0 fully saturated rings. The molecule has 2 rings (SSSR count). The fraction of sp³-hybridized carbons (Fsp3) is 0.417. The quantitative estimate of drug-likeness (QED) is 0.765. The maximum absolute atomic E-state index is 5.80. The fourth-order valence-electron chi connectivity index (χ4n) is 1.73. The van der Waals surface area contributed by atoms with Crippen molar-refractivity contribution in [1.29, 1.82) is 0 Å². The van der Waals surface area contributed by atoms with Gasteiger partial charge in [-0.2, -0.15) is 0 Å². The molecule has 0 radical (unpaired) electrons. The molecule has 2 heterocycles. The Labute approximate surface area is 106 Å². The summed E-state index contributed by atoms with van der Waals surface area (Å²) >= 11 is 5.80. The van der Waals surface area contributed by atoms with Crippen LogP contribution in [0.3, 0.4) is 0 Å². The van der Waals surface area contributed by atoms with Gasteiger partial charge in [-0.05, 0) is 18.6 Å². The predicted octanol–water partition coefficient (Wildman–Crippen LogP) is 2.48. The number of aromatic nitrogens is 3. The first-order chi connectivity index (χ1) is 8.35. The van der Waals surface area contributed by atoms with Gasteiger partial charge in [-0.3, -0.25) is 4.98 Å². The summed E-state index contributed by atoms with van der Waals surface area (Å²) in [6.07, 6.45) is 4.40. The summed E-state index contributed by atoms with van der Waals surface area (Å²) in [5, 5.41) is 0. The lowest BCUT2D eigenvalue weighted by Gasteiger charge is -2.21. The van der Waals surface area contributed by atoms with Crippen LogP contribution in [-0.4, -0.2) is 33.9 Å². The van der Waals surface area contributed by atoms with Crippen molar-refractivity contribution in [3.8, 4) is 0 Å². The number of fused-ring (bicyclic) bond motifs is 1. The van der Waals surface area contributed by atoms with Gasteiger partial charge in [0.2, 0.25) is 0 Å². The van der Waals surface area contributed by atoms with E-state index in [1.54, 1.807) is 12.4 Å². The van der Waals surface area contributed by atoms with E-state index in [1.807, 2.05) is 12.1 Å². The largest absolute Gasteiger partial charge is 0.355 e. The molecule has 0 bridgehead atoms. The van der Waals surface area contributed by atoms with Gasteiger partial charge >= 0.3 is 0 Å². The molecule has 0 saturated heterocycles. The Kier molecular flexibility index (Phi) is 4.09. The second kappa shape index (κ2) is 5.77. The van der Waals surface area contributed by atoms with Crippen molar-refractivity contribution in [2.24, 2.45) is 0 Å². The number of hydrogen-bond acceptors (Lipinski definition) is 4. The Morgan fingerprint density at radius 3 is 2.76 bits per heavy atom. The average Bonchev–Trinajstić information content (AvgIpc) is 2.38. The first kappa shape index (κ1) is 12.0. The summed E-state index contributed by atoms with van der Waals surface area (Å²) in [5.41, 5.74) is 1.50. The standard InChI is InChI=1S/C12H15ClN4/c1-2-8-17(9-5-13)11-4-3-10-12(16-11)15-7-6-14-10/h3-4,6-7H,2,5,8-9H2,1H3. The van der Waals surface area contributed by atoms with Gasteiger partial charge in [-0.1, -0.05) is 6.92 Å². The summed E-state index contributed by atoms with van der Waals surface area (Å²) in [4.78, 5) is 15.1. The molecule has 17 heavy (non-hydrogen) atoms. The molecule has 2 aromatic heterocycles. The van der Waals surface area contributed by atoms with Crippen LogP contribution >= 0.6 is 11.6 Å². The van der Waals surface area contributed by atoms with Crippen molar-refractivity contribution in [2.75, 3.05) is 23.9 Å². The van der Waals surface area contributed by atoms with Crippen molar-refractivity contribution < 1.29 is 0 Å². The Balaban J connectivity index is 2.32. The Bertz CT molecular complexity index is 483.